The van der Waals surface area contributed by atoms with E-state index in [1.807, 2.05) is 19.1 Å². The van der Waals surface area contributed by atoms with Crippen molar-refractivity contribution in [2.75, 3.05) is 0 Å². The summed E-state index contributed by atoms with van der Waals surface area (Å²) in [5.74, 6) is 8.94. The molecule has 0 bridgehead atoms. The Morgan fingerprint density at radius 3 is 2.13 bits per heavy atom. The summed E-state index contributed by atoms with van der Waals surface area (Å²) in [6, 6.07) is 3.95. The van der Waals surface area contributed by atoms with Crippen LogP contribution in [0.4, 0.5) is 0 Å². The van der Waals surface area contributed by atoms with Gasteiger partial charge in [-0.25, -0.2) is 0 Å². The van der Waals surface area contributed by atoms with Gasteiger partial charge >= 0.3 is 0 Å². The van der Waals surface area contributed by atoms with E-state index in [0.29, 0.717) is 0 Å². The summed E-state index contributed by atoms with van der Waals surface area (Å²) in [5.41, 5.74) is 1.93. The minimum Gasteiger partial charge on any atom is -0.101 e. The minimum atomic E-state index is 0.965. The summed E-state index contributed by atoms with van der Waals surface area (Å²) in [7, 11) is 1.47. The largest absolute Gasteiger partial charge is 0.101 e. The standard InChI is InChI=1S/C11H5Br2IS/c1-2-3-8-6-11(13)9(4-5-15-14)7-10(8)12/h6-7H,1H3. The monoisotopic (exact) mass is 454 g/mol. The molecule has 0 atom stereocenters. The number of hydrogen-bond acceptors (Lipinski definition) is 1. The molecule has 0 N–H and O–H groups in total. The second kappa shape index (κ2) is 6.85. The quantitative estimate of drug-likeness (QED) is 0.393. The molecule has 0 radical (unpaired) electrons. The zero-order valence-corrected chi connectivity index (χ0v) is 13.8. The molecule has 0 aromatic heterocycles. The molecule has 0 saturated heterocycles. The van der Waals surface area contributed by atoms with E-state index in [2.05, 4.69) is 76.1 Å². The van der Waals surface area contributed by atoms with Gasteiger partial charge in [0.15, 0.2) is 0 Å². The van der Waals surface area contributed by atoms with Gasteiger partial charge in [0.2, 0.25) is 0 Å². The van der Waals surface area contributed by atoms with Gasteiger partial charge in [-0.05, 0) is 65.1 Å². The normalized spacial score (nSPS) is 8.53. The van der Waals surface area contributed by atoms with Crippen LogP contribution in [0.25, 0.3) is 0 Å². The Bertz CT molecular complexity index is 489. The molecule has 0 unspecified atom stereocenters. The minimum absolute atomic E-state index is 0.965. The third-order valence-electron chi connectivity index (χ3n) is 1.54. The fraction of sp³-hybridized carbons (Fsp3) is 0.0909. The van der Waals surface area contributed by atoms with E-state index in [1.165, 1.54) is 8.93 Å². The highest BCUT2D eigenvalue weighted by atomic mass is 127. The fourth-order valence-electron chi connectivity index (χ4n) is 0.947. The van der Waals surface area contributed by atoms with Crippen molar-refractivity contribution >= 4 is 62.0 Å². The number of halogens is 3. The fourth-order valence-corrected chi connectivity index (χ4v) is 2.31. The maximum Gasteiger partial charge on any atom is 0.0408 e. The first-order valence-electron chi connectivity index (χ1n) is 3.89. The molecule has 15 heavy (non-hydrogen) atoms. The van der Waals surface area contributed by atoms with E-state index in [1.54, 1.807) is 0 Å². The summed E-state index contributed by atoms with van der Waals surface area (Å²) in [5, 5.41) is 2.95. The maximum absolute atomic E-state index is 3.48. The van der Waals surface area contributed by atoms with Crippen LogP contribution in [0.1, 0.15) is 18.1 Å². The van der Waals surface area contributed by atoms with Crippen LogP contribution in [0.5, 0.6) is 0 Å². The van der Waals surface area contributed by atoms with Crippen LogP contribution in [0.2, 0.25) is 0 Å². The van der Waals surface area contributed by atoms with Gasteiger partial charge in [-0.2, -0.15) is 0 Å². The molecule has 1 aromatic rings. The van der Waals surface area contributed by atoms with Crippen LogP contribution in [-0.2, 0) is 0 Å². The zero-order valence-electron chi connectivity index (χ0n) is 7.70. The Labute approximate surface area is 123 Å². The van der Waals surface area contributed by atoms with Crippen LogP contribution < -0.4 is 0 Å². The van der Waals surface area contributed by atoms with Crippen molar-refractivity contribution in [3.8, 4) is 23.0 Å². The number of rotatable bonds is 0. The highest BCUT2D eigenvalue weighted by Gasteiger charge is 2.03. The van der Waals surface area contributed by atoms with E-state index in [4.69, 9.17) is 0 Å². The molecule has 0 nitrogen and oxygen atoms in total. The van der Waals surface area contributed by atoms with E-state index < -0.39 is 0 Å². The Hall–Kier alpha value is 0.380. The molecule has 0 spiro atoms. The summed E-state index contributed by atoms with van der Waals surface area (Å²) in [6.45, 7) is 1.82. The molecule has 0 heterocycles. The average Bonchev–Trinajstić information content (AvgIpc) is 2.21. The SMILES string of the molecule is CC#Cc1cc(Br)c(C#CSI)cc1Br. The van der Waals surface area contributed by atoms with Crippen molar-refractivity contribution in [2.24, 2.45) is 0 Å². The Kier molecular flexibility index (Phi) is 6.14. The Balaban J connectivity index is 3.23. The molecule has 4 heteroatoms. The van der Waals surface area contributed by atoms with E-state index in [0.717, 1.165) is 20.1 Å². The van der Waals surface area contributed by atoms with Crippen LogP contribution in [0, 0.1) is 23.0 Å². The van der Waals surface area contributed by atoms with Crippen molar-refractivity contribution in [3.05, 3.63) is 32.2 Å². The number of benzene rings is 1. The first-order chi connectivity index (χ1) is 7.19. The van der Waals surface area contributed by atoms with Crippen molar-refractivity contribution in [1.82, 2.24) is 0 Å². The first-order valence-corrected chi connectivity index (χ1v) is 8.84. The van der Waals surface area contributed by atoms with Crippen molar-refractivity contribution in [1.29, 1.82) is 0 Å². The molecule has 0 aliphatic carbocycles. The lowest BCUT2D eigenvalue weighted by molar-refractivity contribution is 1.51. The molecule has 1 rings (SSSR count). The summed E-state index contributed by atoms with van der Waals surface area (Å²) < 4.78 is 1.95. The van der Waals surface area contributed by atoms with Gasteiger partial charge in [0.25, 0.3) is 0 Å². The lowest BCUT2D eigenvalue weighted by Gasteiger charge is -2.00. The predicted octanol–water partition coefficient (Wildman–Crippen LogP) is 4.98. The highest BCUT2D eigenvalue weighted by molar-refractivity contribution is 14.2. The molecule has 0 saturated carbocycles. The number of hydrogen-bond donors (Lipinski definition) is 0. The van der Waals surface area contributed by atoms with Gasteiger partial charge in [-0.15, -0.1) is 5.92 Å². The lowest BCUT2D eigenvalue weighted by Crippen LogP contribution is -1.83. The first kappa shape index (κ1) is 13.4. The van der Waals surface area contributed by atoms with Crippen molar-refractivity contribution in [3.63, 3.8) is 0 Å². The molecule has 1 aromatic carbocycles. The molecule has 0 amide bonds. The maximum atomic E-state index is 3.48. The van der Waals surface area contributed by atoms with Gasteiger partial charge in [0.1, 0.15) is 0 Å². The molecule has 0 aliphatic heterocycles. The van der Waals surface area contributed by atoms with Crippen LogP contribution in [-0.4, -0.2) is 0 Å². The van der Waals surface area contributed by atoms with Gasteiger partial charge in [-0.3, -0.25) is 0 Å². The third kappa shape index (κ3) is 4.03. The summed E-state index contributed by atoms with van der Waals surface area (Å²) in [6.07, 6.45) is 0. The second-order valence-electron chi connectivity index (χ2n) is 2.49. The van der Waals surface area contributed by atoms with Gasteiger partial charge in [-0.1, -0.05) is 11.8 Å². The highest BCUT2D eigenvalue weighted by Crippen LogP contribution is 2.25. The van der Waals surface area contributed by atoms with E-state index >= 15 is 0 Å². The lowest BCUT2D eigenvalue weighted by atomic mass is 10.1. The molecular formula is C11H5Br2IS. The van der Waals surface area contributed by atoms with Crippen LogP contribution in [0.3, 0.4) is 0 Å². The average molecular weight is 456 g/mol. The predicted molar refractivity (Wildman–Crippen MR) is 82.9 cm³/mol. The second-order valence-corrected chi connectivity index (χ2v) is 5.88. The smallest absolute Gasteiger partial charge is 0.0408 e. The molecular weight excluding hydrogens is 451 g/mol. The van der Waals surface area contributed by atoms with Crippen LogP contribution in [0.15, 0.2) is 21.1 Å². The van der Waals surface area contributed by atoms with Crippen molar-refractivity contribution in [2.45, 2.75) is 6.92 Å². The van der Waals surface area contributed by atoms with Gasteiger partial charge in [0, 0.05) is 41.3 Å². The summed E-state index contributed by atoms with van der Waals surface area (Å²) >= 11 is 9.10. The van der Waals surface area contributed by atoms with E-state index in [9.17, 15) is 0 Å². The van der Waals surface area contributed by atoms with Crippen LogP contribution >= 0.6 is 62.0 Å². The Morgan fingerprint density at radius 2 is 1.67 bits per heavy atom. The molecule has 76 valence electrons. The molecule has 0 fully saturated rings. The third-order valence-corrected chi connectivity index (χ3v) is 3.69. The molecule has 0 aliphatic rings. The summed E-state index contributed by atoms with van der Waals surface area (Å²) in [4.78, 5) is 0. The van der Waals surface area contributed by atoms with Gasteiger partial charge in [0.05, 0.1) is 0 Å². The van der Waals surface area contributed by atoms with E-state index in [-0.39, 0.29) is 0 Å². The van der Waals surface area contributed by atoms with Crippen molar-refractivity contribution < 1.29 is 0 Å². The zero-order chi connectivity index (χ0) is 11.3. The van der Waals surface area contributed by atoms with Gasteiger partial charge < -0.3 is 0 Å². The topological polar surface area (TPSA) is 0 Å². The Morgan fingerprint density at radius 1 is 1.13 bits per heavy atom.